The molecule has 0 aliphatic rings. The van der Waals surface area contributed by atoms with Crippen molar-refractivity contribution in [2.75, 3.05) is 11.9 Å². The molecular weight excluding hydrogens is 374 g/mol. The molecule has 1 unspecified atom stereocenters. The first-order valence-electron chi connectivity index (χ1n) is 8.45. The Labute approximate surface area is 158 Å². The number of rotatable bonds is 9. The van der Waals surface area contributed by atoms with Crippen LogP contribution in [0.15, 0.2) is 29.2 Å². The first-order valence-corrected chi connectivity index (χ1v) is 9.93. The molecule has 0 aliphatic carbocycles. The number of carbonyl (C=O) groups is 3. The van der Waals surface area contributed by atoms with Crippen LogP contribution in [0.4, 0.5) is 5.69 Å². The fourth-order valence-corrected chi connectivity index (χ4v) is 3.18. The van der Waals surface area contributed by atoms with Crippen molar-refractivity contribution in [1.29, 1.82) is 0 Å². The van der Waals surface area contributed by atoms with Gasteiger partial charge in [0.25, 0.3) is 5.91 Å². The number of ether oxygens (including phenoxy) is 1. The van der Waals surface area contributed by atoms with Crippen LogP contribution in [0.1, 0.15) is 34.1 Å². The van der Waals surface area contributed by atoms with Gasteiger partial charge in [0.15, 0.2) is 6.10 Å². The smallest absolute Gasteiger partial charge is 0.324 e. The third kappa shape index (κ3) is 7.35. The summed E-state index contributed by atoms with van der Waals surface area (Å²) >= 11 is 0. The van der Waals surface area contributed by atoms with Crippen molar-refractivity contribution in [3.63, 3.8) is 0 Å². The monoisotopic (exact) mass is 399 g/mol. The molecule has 0 spiro atoms. The minimum absolute atomic E-state index is 0.0787. The highest BCUT2D eigenvalue weighted by Gasteiger charge is 2.26. The second-order valence-electron chi connectivity index (χ2n) is 5.92. The lowest BCUT2D eigenvalue weighted by molar-refractivity contribution is -0.156. The molecule has 27 heavy (non-hydrogen) atoms. The van der Waals surface area contributed by atoms with Gasteiger partial charge in [-0.05, 0) is 44.5 Å². The zero-order valence-electron chi connectivity index (χ0n) is 15.7. The van der Waals surface area contributed by atoms with Gasteiger partial charge in [0.05, 0.1) is 4.90 Å². The summed E-state index contributed by atoms with van der Waals surface area (Å²) in [5, 5.41) is 5.11. The zero-order valence-corrected chi connectivity index (χ0v) is 16.6. The Morgan fingerprint density at radius 3 is 2.22 bits per heavy atom. The zero-order chi connectivity index (χ0) is 20.6. The molecule has 0 fully saturated rings. The van der Waals surface area contributed by atoms with E-state index in [1.54, 1.807) is 0 Å². The summed E-state index contributed by atoms with van der Waals surface area (Å²) in [6.07, 6.45) is -0.295. The average Bonchev–Trinajstić information content (AvgIpc) is 2.58. The van der Waals surface area contributed by atoms with E-state index in [9.17, 15) is 22.8 Å². The van der Waals surface area contributed by atoms with Crippen molar-refractivity contribution < 1.29 is 27.5 Å². The van der Waals surface area contributed by atoms with Crippen LogP contribution in [0, 0.1) is 0 Å². The van der Waals surface area contributed by atoms with Crippen LogP contribution in [-0.2, 0) is 29.1 Å². The topological polar surface area (TPSA) is 131 Å². The summed E-state index contributed by atoms with van der Waals surface area (Å²) < 4.78 is 31.9. The fraction of sp³-hybridized carbons (Fsp3) is 0.471. The number of benzene rings is 1. The van der Waals surface area contributed by atoms with E-state index in [-0.39, 0.29) is 10.8 Å². The molecule has 1 aromatic rings. The summed E-state index contributed by atoms with van der Waals surface area (Å²) in [5.74, 6) is -1.60. The van der Waals surface area contributed by atoms with Crippen LogP contribution < -0.4 is 15.4 Å². The van der Waals surface area contributed by atoms with E-state index in [4.69, 9.17) is 4.74 Å². The molecule has 3 N–H and O–H groups in total. The maximum atomic E-state index is 12.4. The van der Waals surface area contributed by atoms with Gasteiger partial charge in [-0.25, -0.2) is 8.42 Å². The quantitative estimate of drug-likeness (QED) is 0.526. The number of anilines is 1. The van der Waals surface area contributed by atoms with Gasteiger partial charge in [-0.2, -0.15) is 4.72 Å². The molecule has 2 amide bonds. The van der Waals surface area contributed by atoms with E-state index in [0.717, 1.165) is 6.42 Å². The second-order valence-corrected chi connectivity index (χ2v) is 7.63. The molecule has 1 aromatic carbocycles. The maximum Gasteiger partial charge on any atom is 0.324 e. The van der Waals surface area contributed by atoms with Crippen molar-refractivity contribution in [2.45, 2.75) is 51.2 Å². The molecular formula is C17H25N3O6S. The van der Waals surface area contributed by atoms with Gasteiger partial charge in [0, 0.05) is 19.2 Å². The van der Waals surface area contributed by atoms with E-state index in [1.165, 1.54) is 45.0 Å². The van der Waals surface area contributed by atoms with Gasteiger partial charge in [0.1, 0.15) is 6.04 Å². The predicted molar refractivity (Wildman–Crippen MR) is 99.4 cm³/mol. The van der Waals surface area contributed by atoms with Gasteiger partial charge < -0.3 is 15.4 Å². The normalized spacial score (nSPS) is 13.3. The first kappa shape index (κ1) is 22.6. The van der Waals surface area contributed by atoms with Crippen molar-refractivity contribution >= 4 is 33.5 Å². The van der Waals surface area contributed by atoms with Gasteiger partial charge in [-0.3, -0.25) is 14.4 Å². The highest BCUT2D eigenvalue weighted by Crippen LogP contribution is 2.14. The maximum absolute atomic E-state index is 12.4. The highest BCUT2D eigenvalue weighted by molar-refractivity contribution is 7.89. The van der Waals surface area contributed by atoms with Crippen molar-refractivity contribution in [3.05, 3.63) is 24.3 Å². The summed E-state index contributed by atoms with van der Waals surface area (Å²) in [4.78, 5) is 34.7. The molecule has 10 heteroatoms. The highest BCUT2D eigenvalue weighted by atomic mass is 32.2. The van der Waals surface area contributed by atoms with E-state index in [1.807, 2.05) is 6.92 Å². The van der Waals surface area contributed by atoms with Crippen molar-refractivity contribution in [3.8, 4) is 0 Å². The van der Waals surface area contributed by atoms with Crippen LogP contribution in [0.3, 0.4) is 0 Å². The van der Waals surface area contributed by atoms with Crippen molar-refractivity contribution in [2.24, 2.45) is 0 Å². The number of carbonyl (C=O) groups excluding carboxylic acids is 3. The Bertz CT molecular complexity index is 776. The molecule has 1 rings (SSSR count). The number of amides is 2. The lowest BCUT2D eigenvalue weighted by Gasteiger charge is -2.17. The second kappa shape index (κ2) is 10.0. The lowest BCUT2D eigenvalue weighted by Crippen LogP contribution is -2.43. The Morgan fingerprint density at radius 1 is 1.11 bits per heavy atom. The molecule has 150 valence electrons. The summed E-state index contributed by atoms with van der Waals surface area (Å²) in [7, 11) is -3.98. The SMILES string of the molecule is CCCNC(=O)C(C)OC(=O)[C@H](C)NS(=O)(=O)c1ccc(NC(C)=O)cc1. The number of nitrogens with one attached hydrogen (secondary N) is 3. The molecule has 0 aromatic heterocycles. The lowest BCUT2D eigenvalue weighted by atomic mass is 10.3. The van der Waals surface area contributed by atoms with Gasteiger partial charge in [-0.15, -0.1) is 0 Å². The third-order valence-corrected chi connectivity index (χ3v) is 4.94. The number of hydrogen-bond donors (Lipinski definition) is 3. The van der Waals surface area contributed by atoms with E-state index < -0.39 is 34.0 Å². The summed E-state index contributed by atoms with van der Waals surface area (Å²) in [5.41, 5.74) is 0.445. The molecule has 0 saturated carbocycles. The van der Waals surface area contributed by atoms with E-state index >= 15 is 0 Å². The Balaban J connectivity index is 2.70. The predicted octanol–water partition coefficient (Wildman–Crippen LogP) is 0.770. The standard InChI is InChI=1S/C17H25N3O6S/c1-5-10-18-16(22)12(3)26-17(23)11(2)20-27(24,25)15-8-6-14(7-9-15)19-13(4)21/h6-9,11-12,20H,5,10H2,1-4H3,(H,18,22)(H,19,21)/t11-,12?/m0/s1. The van der Waals surface area contributed by atoms with Crippen LogP contribution in [0.2, 0.25) is 0 Å². The van der Waals surface area contributed by atoms with Gasteiger partial charge >= 0.3 is 5.97 Å². The van der Waals surface area contributed by atoms with E-state index in [2.05, 4.69) is 15.4 Å². The molecule has 9 nitrogen and oxygen atoms in total. The minimum atomic E-state index is -3.98. The number of esters is 1. The number of sulfonamides is 1. The average molecular weight is 399 g/mol. The van der Waals surface area contributed by atoms with Crippen molar-refractivity contribution in [1.82, 2.24) is 10.0 Å². The van der Waals surface area contributed by atoms with Crippen LogP contribution in [0.5, 0.6) is 0 Å². The molecule has 0 radical (unpaired) electrons. The van der Waals surface area contributed by atoms with Crippen LogP contribution >= 0.6 is 0 Å². The van der Waals surface area contributed by atoms with Gasteiger partial charge in [-0.1, -0.05) is 6.92 Å². The van der Waals surface area contributed by atoms with Gasteiger partial charge in [0.2, 0.25) is 15.9 Å². The Kier molecular flexibility index (Phi) is 8.38. The Morgan fingerprint density at radius 2 is 1.70 bits per heavy atom. The molecule has 0 bridgehead atoms. The summed E-state index contributed by atoms with van der Waals surface area (Å²) in [6, 6.07) is 4.27. The third-order valence-electron chi connectivity index (χ3n) is 3.38. The van der Waals surface area contributed by atoms with Crippen LogP contribution in [0.25, 0.3) is 0 Å². The van der Waals surface area contributed by atoms with E-state index in [0.29, 0.717) is 12.2 Å². The molecule has 0 aliphatic heterocycles. The summed E-state index contributed by atoms with van der Waals surface area (Å²) in [6.45, 7) is 6.41. The number of hydrogen-bond acceptors (Lipinski definition) is 6. The van der Waals surface area contributed by atoms with Crippen LogP contribution in [-0.4, -0.2) is 44.9 Å². The Hall–Kier alpha value is -2.46. The fourth-order valence-electron chi connectivity index (χ4n) is 1.99. The minimum Gasteiger partial charge on any atom is -0.451 e. The molecule has 2 atom stereocenters. The molecule has 0 saturated heterocycles. The first-order chi connectivity index (χ1) is 12.6. The molecule has 0 heterocycles. The largest absolute Gasteiger partial charge is 0.451 e.